The maximum absolute atomic E-state index is 12.1. The van der Waals surface area contributed by atoms with Crippen LogP contribution in [0.15, 0.2) is 4.99 Å². The second-order valence-corrected chi connectivity index (χ2v) is 10.3. The van der Waals surface area contributed by atoms with Crippen molar-refractivity contribution in [2.24, 2.45) is 4.99 Å². The highest BCUT2D eigenvalue weighted by molar-refractivity contribution is 7.92. The van der Waals surface area contributed by atoms with Gasteiger partial charge in [0, 0.05) is 26.7 Å². The molecule has 1 heterocycles. The fourth-order valence-electron chi connectivity index (χ4n) is 2.94. The summed E-state index contributed by atoms with van der Waals surface area (Å²) in [5.74, 6) is 1.03. The molecule has 0 bridgehead atoms. The Morgan fingerprint density at radius 1 is 1.17 bits per heavy atom. The molecule has 0 atom stereocenters. The van der Waals surface area contributed by atoms with Crippen LogP contribution in [0.25, 0.3) is 0 Å². The molecule has 24 heavy (non-hydrogen) atoms. The maximum Gasteiger partial charge on any atom is 0.193 e. The Morgan fingerprint density at radius 2 is 1.79 bits per heavy atom. The van der Waals surface area contributed by atoms with Gasteiger partial charge in [0.1, 0.15) is 0 Å². The smallest absolute Gasteiger partial charge is 0.193 e. The van der Waals surface area contributed by atoms with E-state index in [0.717, 1.165) is 18.9 Å². The summed E-state index contributed by atoms with van der Waals surface area (Å²) in [6.07, 6.45) is 6.15. The van der Waals surface area contributed by atoms with E-state index >= 15 is 0 Å². The zero-order valence-electron chi connectivity index (χ0n) is 16.1. The highest BCUT2D eigenvalue weighted by Gasteiger charge is 2.40. The quantitative estimate of drug-likeness (QED) is 0.404. The molecule has 0 aromatic carbocycles. The van der Waals surface area contributed by atoms with Gasteiger partial charge in [-0.05, 0) is 47.3 Å². The van der Waals surface area contributed by atoms with Gasteiger partial charge >= 0.3 is 0 Å². The van der Waals surface area contributed by atoms with Crippen molar-refractivity contribution in [3.63, 3.8) is 0 Å². The lowest BCUT2D eigenvalue weighted by molar-refractivity contribution is 0.353. The van der Waals surface area contributed by atoms with Crippen molar-refractivity contribution in [3.8, 4) is 0 Å². The monoisotopic (exact) mass is 360 g/mol. The Morgan fingerprint density at radius 3 is 2.38 bits per heavy atom. The van der Waals surface area contributed by atoms with Crippen molar-refractivity contribution in [2.45, 2.75) is 50.7 Å². The van der Waals surface area contributed by atoms with Gasteiger partial charge in [-0.25, -0.2) is 8.42 Å². The fourth-order valence-corrected chi connectivity index (χ4v) is 4.31. The molecular weight excluding hydrogens is 324 g/mol. The molecular formula is C17H36N4O2S. The zero-order chi connectivity index (χ0) is 18.2. The van der Waals surface area contributed by atoms with Crippen molar-refractivity contribution in [2.75, 3.05) is 53.1 Å². The highest BCUT2D eigenvalue weighted by atomic mass is 32.2. The first kappa shape index (κ1) is 21.2. The Bertz CT molecular complexity index is 501. The number of guanidine groups is 1. The molecule has 142 valence electrons. The van der Waals surface area contributed by atoms with E-state index in [0.29, 0.717) is 13.1 Å². The van der Waals surface area contributed by atoms with Gasteiger partial charge in [-0.15, -0.1) is 0 Å². The van der Waals surface area contributed by atoms with Crippen LogP contribution < -0.4 is 5.32 Å². The Hall–Kier alpha value is -0.820. The van der Waals surface area contributed by atoms with Crippen LogP contribution in [0.5, 0.6) is 0 Å². The third-order valence-electron chi connectivity index (χ3n) is 4.62. The number of rotatable bonds is 8. The van der Waals surface area contributed by atoms with Crippen LogP contribution >= 0.6 is 0 Å². The molecule has 1 aliphatic heterocycles. The van der Waals surface area contributed by atoms with Crippen LogP contribution in [0.1, 0.15) is 46.0 Å². The van der Waals surface area contributed by atoms with Crippen LogP contribution in [0, 0.1) is 0 Å². The SMILES string of the molecule is CN=C(NCCCCCCCN(C)C)N1CCS(=O)(=O)C(C)(C)C1. The molecule has 0 aromatic rings. The van der Waals surface area contributed by atoms with Crippen LogP contribution in [0.3, 0.4) is 0 Å². The molecule has 0 saturated carbocycles. The third kappa shape index (κ3) is 6.59. The largest absolute Gasteiger partial charge is 0.356 e. The summed E-state index contributed by atoms with van der Waals surface area (Å²) in [6, 6.07) is 0. The second-order valence-electron chi connectivity index (χ2n) is 7.55. The number of nitrogens with zero attached hydrogens (tertiary/aromatic N) is 3. The average molecular weight is 361 g/mol. The number of hydrogen-bond acceptors (Lipinski definition) is 4. The van der Waals surface area contributed by atoms with Crippen LogP contribution in [-0.4, -0.2) is 82.0 Å². The number of aliphatic imine (C=N–C) groups is 1. The molecule has 6 nitrogen and oxygen atoms in total. The van der Waals surface area contributed by atoms with E-state index in [9.17, 15) is 8.42 Å². The number of nitrogens with one attached hydrogen (secondary N) is 1. The molecule has 1 aliphatic rings. The first-order chi connectivity index (χ1) is 11.2. The van der Waals surface area contributed by atoms with Crippen molar-refractivity contribution in [1.82, 2.24) is 15.1 Å². The minimum absolute atomic E-state index is 0.201. The number of unbranched alkanes of at least 4 members (excludes halogenated alkanes) is 4. The normalized spacial score (nSPS) is 20.4. The standard InChI is InChI=1S/C17H36N4O2S/c1-17(2)15-21(13-14-24(17,22)23)16(18-3)19-11-9-7-6-8-10-12-20(4)5/h6-15H2,1-5H3,(H,18,19). The summed E-state index contributed by atoms with van der Waals surface area (Å²) in [4.78, 5) is 8.62. The van der Waals surface area contributed by atoms with Gasteiger partial charge in [-0.3, -0.25) is 4.99 Å². The summed E-state index contributed by atoms with van der Waals surface area (Å²) in [5.41, 5.74) is 0. The first-order valence-electron chi connectivity index (χ1n) is 9.02. The van der Waals surface area contributed by atoms with E-state index in [-0.39, 0.29) is 5.75 Å². The van der Waals surface area contributed by atoms with Gasteiger partial charge in [-0.2, -0.15) is 0 Å². The predicted octanol–water partition coefficient (Wildman–Crippen LogP) is 1.58. The van der Waals surface area contributed by atoms with E-state index in [2.05, 4.69) is 34.2 Å². The molecule has 0 radical (unpaired) electrons. The summed E-state index contributed by atoms with van der Waals surface area (Å²) < 4.78 is 23.5. The number of sulfone groups is 1. The Kier molecular flexibility index (Phi) is 8.50. The molecule has 0 aliphatic carbocycles. The van der Waals surface area contributed by atoms with Crippen molar-refractivity contribution in [3.05, 3.63) is 0 Å². The average Bonchev–Trinajstić information content (AvgIpc) is 2.48. The Labute approximate surface area is 148 Å². The molecule has 1 saturated heterocycles. The van der Waals surface area contributed by atoms with Crippen molar-refractivity contribution >= 4 is 15.8 Å². The molecule has 0 amide bonds. The molecule has 7 heteroatoms. The van der Waals surface area contributed by atoms with Gasteiger partial charge in [0.05, 0.1) is 10.5 Å². The molecule has 1 fully saturated rings. The molecule has 0 unspecified atom stereocenters. The molecule has 0 aromatic heterocycles. The van der Waals surface area contributed by atoms with Gasteiger partial charge in [-0.1, -0.05) is 19.3 Å². The van der Waals surface area contributed by atoms with Crippen molar-refractivity contribution in [1.29, 1.82) is 0 Å². The second kappa shape index (κ2) is 9.61. The lowest BCUT2D eigenvalue weighted by atomic mass is 10.1. The van der Waals surface area contributed by atoms with E-state index < -0.39 is 14.6 Å². The minimum Gasteiger partial charge on any atom is -0.356 e. The van der Waals surface area contributed by atoms with E-state index in [4.69, 9.17) is 0 Å². The zero-order valence-corrected chi connectivity index (χ0v) is 17.0. The summed E-state index contributed by atoms with van der Waals surface area (Å²) in [5, 5.41) is 3.39. The van der Waals surface area contributed by atoms with Crippen LogP contribution in [0.4, 0.5) is 0 Å². The van der Waals surface area contributed by atoms with E-state index in [1.807, 2.05) is 0 Å². The molecule has 1 rings (SSSR count). The number of hydrogen-bond donors (Lipinski definition) is 1. The fraction of sp³-hybridized carbons (Fsp3) is 0.941. The van der Waals surface area contributed by atoms with Crippen LogP contribution in [-0.2, 0) is 9.84 Å². The lowest BCUT2D eigenvalue weighted by Crippen LogP contribution is -2.57. The lowest BCUT2D eigenvalue weighted by Gasteiger charge is -2.39. The van der Waals surface area contributed by atoms with Gasteiger partial charge in [0.15, 0.2) is 15.8 Å². The van der Waals surface area contributed by atoms with Gasteiger partial charge < -0.3 is 15.1 Å². The summed E-state index contributed by atoms with van der Waals surface area (Å²) >= 11 is 0. The Balaban J connectivity index is 2.27. The van der Waals surface area contributed by atoms with Gasteiger partial charge in [0.25, 0.3) is 0 Å². The van der Waals surface area contributed by atoms with Crippen molar-refractivity contribution < 1.29 is 8.42 Å². The highest BCUT2D eigenvalue weighted by Crippen LogP contribution is 2.23. The minimum atomic E-state index is -3.01. The van der Waals surface area contributed by atoms with E-state index in [1.165, 1.54) is 32.2 Å². The first-order valence-corrected chi connectivity index (χ1v) is 10.7. The third-order valence-corrected chi connectivity index (χ3v) is 7.15. The summed E-state index contributed by atoms with van der Waals surface area (Å²) in [6.45, 7) is 6.68. The maximum atomic E-state index is 12.1. The summed E-state index contributed by atoms with van der Waals surface area (Å²) in [7, 11) is 2.98. The molecule has 0 spiro atoms. The van der Waals surface area contributed by atoms with Crippen LogP contribution in [0.2, 0.25) is 0 Å². The molecule has 1 N–H and O–H groups in total. The predicted molar refractivity (Wildman–Crippen MR) is 102 cm³/mol. The topological polar surface area (TPSA) is 65.0 Å². The van der Waals surface area contributed by atoms with E-state index in [1.54, 1.807) is 20.9 Å². The van der Waals surface area contributed by atoms with Gasteiger partial charge in [0.2, 0.25) is 0 Å².